The van der Waals surface area contributed by atoms with Crippen LogP contribution < -0.4 is 10.6 Å². The molecule has 3 unspecified atom stereocenters. The second-order valence-electron chi connectivity index (χ2n) is 6.08. The lowest BCUT2D eigenvalue weighted by Gasteiger charge is -2.32. The molecule has 1 amide bonds. The van der Waals surface area contributed by atoms with Crippen molar-refractivity contribution >= 4 is 5.91 Å². The van der Waals surface area contributed by atoms with Gasteiger partial charge in [0.05, 0.1) is 5.92 Å². The molecule has 0 saturated carbocycles. The molecule has 4 nitrogen and oxygen atoms in total. The third-order valence-corrected chi connectivity index (χ3v) is 3.64. The monoisotopic (exact) mass is 242 g/mol. The molecule has 0 aromatic rings. The van der Waals surface area contributed by atoms with Gasteiger partial charge in [-0.15, -0.1) is 0 Å². The first kappa shape index (κ1) is 14.5. The van der Waals surface area contributed by atoms with Gasteiger partial charge in [-0.3, -0.25) is 4.79 Å². The predicted molar refractivity (Wildman–Crippen MR) is 68.7 cm³/mol. The lowest BCUT2D eigenvalue weighted by molar-refractivity contribution is -0.126. The zero-order valence-corrected chi connectivity index (χ0v) is 11.4. The minimum Gasteiger partial charge on any atom is -0.396 e. The lowest BCUT2D eigenvalue weighted by Crippen LogP contribution is -2.48. The van der Waals surface area contributed by atoms with E-state index in [1.54, 1.807) is 0 Å². The summed E-state index contributed by atoms with van der Waals surface area (Å²) in [5.74, 6) is 0.189. The van der Waals surface area contributed by atoms with Crippen LogP contribution in [0.4, 0.5) is 0 Å². The summed E-state index contributed by atoms with van der Waals surface area (Å²) in [6.07, 6.45) is 1.52. The molecule has 0 bridgehead atoms. The number of carbonyl (C=O) groups excluding carboxylic acids is 1. The molecule has 0 spiro atoms. The first-order valence-electron chi connectivity index (χ1n) is 6.51. The van der Waals surface area contributed by atoms with Gasteiger partial charge in [0.25, 0.3) is 0 Å². The number of hydrogen-bond acceptors (Lipinski definition) is 3. The Labute approximate surface area is 104 Å². The number of amides is 1. The average Bonchev–Trinajstić information content (AvgIpc) is 2.62. The van der Waals surface area contributed by atoms with Gasteiger partial charge in [0.2, 0.25) is 5.91 Å². The summed E-state index contributed by atoms with van der Waals surface area (Å²) < 4.78 is 0. The highest BCUT2D eigenvalue weighted by Gasteiger charge is 2.33. The van der Waals surface area contributed by atoms with E-state index in [0.717, 1.165) is 13.0 Å². The van der Waals surface area contributed by atoms with Gasteiger partial charge in [0.15, 0.2) is 0 Å². The van der Waals surface area contributed by atoms with Crippen LogP contribution in [-0.2, 0) is 4.79 Å². The Morgan fingerprint density at radius 2 is 2.18 bits per heavy atom. The molecule has 1 rings (SSSR count). The van der Waals surface area contributed by atoms with Crippen molar-refractivity contribution in [1.82, 2.24) is 10.6 Å². The molecule has 1 heterocycles. The van der Waals surface area contributed by atoms with Gasteiger partial charge in [0.1, 0.15) is 0 Å². The highest BCUT2D eigenvalue weighted by Crippen LogP contribution is 2.23. The van der Waals surface area contributed by atoms with Crippen LogP contribution in [0.2, 0.25) is 0 Å². The second kappa shape index (κ2) is 5.83. The van der Waals surface area contributed by atoms with E-state index in [-0.39, 0.29) is 35.9 Å². The fourth-order valence-electron chi connectivity index (χ4n) is 2.35. The van der Waals surface area contributed by atoms with Gasteiger partial charge in [-0.25, -0.2) is 0 Å². The standard InChI is InChI=1S/C13H26N2O2/c1-9-10(5-7-14-9)12(17)15-11(6-8-16)13(2,3)4/h9-11,14,16H,5-8H2,1-4H3,(H,15,17). The van der Waals surface area contributed by atoms with Crippen LogP contribution in [0.1, 0.15) is 40.5 Å². The Morgan fingerprint density at radius 3 is 2.59 bits per heavy atom. The molecule has 0 aliphatic carbocycles. The number of rotatable bonds is 4. The molecular formula is C13H26N2O2. The van der Waals surface area contributed by atoms with Crippen LogP contribution in [0, 0.1) is 11.3 Å². The highest BCUT2D eigenvalue weighted by molar-refractivity contribution is 5.80. The summed E-state index contributed by atoms with van der Waals surface area (Å²) in [6, 6.07) is 0.289. The van der Waals surface area contributed by atoms with Crippen molar-refractivity contribution in [3.05, 3.63) is 0 Å². The molecule has 100 valence electrons. The van der Waals surface area contributed by atoms with Crippen molar-refractivity contribution in [3.8, 4) is 0 Å². The Kier molecular flexibility index (Phi) is 4.95. The van der Waals surface area contributed by atoms with Crippen molar-refractivity contribution in [2.75, 3.05) is 13.2 Å². The molecule has 1 fully saturated rings. The highest BCUT2D eigenvalue weighted by atomic mass is 16.3. The third-order valence-electron chi connectivity index (χ3n) is 3.64. The summed E-state index contributed by atoms with van der Waals surface area (Å²) in [7, 11) is 0. The summed E-state index contributed by atoms with van der Waals surface area (Å²) in [5, 5.41) is 15.4. The Hall–Kier alpha value is -0.610. The van der Waals surface area contributed by atoms with E-state index in [0.29, 0.717) is 6.42 Å². The molecule has 4 heteroatoms. The van der Waals surface area contributed by atoms with Gasteiger partial charge in [-0.2, -0.15) is 0 Å². The number of carbonyl (C=O) groups is 1. The molecule has 3 atom stereocenters. The van der Waals surface area contributed by atoms with E-state index in [9.17, 15) is 4.79 Å². The van der Waals surface area contributed by atoms with Crippen molar-refractivity contribution < 1.29 is 9.90 Å². The Bertz CT molecular complexity index is 261. The molecule has 0 radical (unpaired) electrons. The SMILES string of the molecule is CC1NCCC1C(=O)NC(CCO)C(C)(C)C. The van der Waals surface area contributed by atoms with E-state index in [2.05, 4.69) is 38.3 Å². The zero-order valence-electron chi connectivity index (χ0n) is 11.4. The quantitative estimate of drug-likeness (QED) is 0.686. The molecule has 17 heavy (non-hydrogen) atoms. The number of nitrogens with one attached hydrogen (secondary N) is 2. The maximum absolute atomic E-state index is 12.2. The van der Waals surface area contributed by atoms with Crippen LogP contribution >= 0.6 is 0 Å². The maximum atomic E-state index is 12.2. The number of aliphatic hydroxyl groups excluding tert-OH is 1. The Balaban J connectivity index is 2.57. The van der Waals surface area contributed by atoms with E-state index in [1.165, 1.54) is 0 Å². The molecule has 1 aliphatic heterocycles. The first-order chi connectivity index (χ1) is 7.86. The van der Waals surface area contributed by atoms with Gasteiger partial charge in [-0.1, -0.05) is 20.8 Å². The predicted octanol–water partition coefficient (Wildman–Crippen LogP) is 0.898. The van der Waals surface area contributed by atoms with Gasteiger partial charge in [0, 0.05) is 18.7 Å². The number of aliphatic hydroxyl groups is 1. The van der Waals surface area contributed by atoms with E-state index >= 15 is 0 Å². The molecular weight excluding hydrogens is 216 g/mol. The molecule has 1 aliphatic rings. The van der Waals surface area contributed by atoms with Crippen LogP contribution in [-0.4, -0.2) is 36.2 Å². The van der Waals surface area contributed by atoms with Gasteiger partial charge >= 0.3 is 0 Å². The van der Waals surface area contributed by atoms with Gasteiger partial charge in [-0.05, 0) is 31.7 Å². The van der Waals surface area contributed by atoms with E-state index in [1.807, 2.05) is 0 Å². The molecule has 0 aromatic heterocycles. The van der Waals surface area contributed by atoms with Gasteiger partial charge < -0.3 is 15.7 Å². The van der Waals surface area contributed by atoms with Crippen molar-refractivity contribution in [1.29, 1.82) is 0 Å². The van der Waals surface area contributed by atoms with Crippen molar-refractivity contribution in [2.24, 2.45) is 11.3 Å². The van der Waals surface area contributed by atoms with Crippen LogP contribution in [0.15, 0.2) is 0 Å². The van der Waals surface area contributed by atoms with Crippen molar-refractivity contribution in [2.45, 2.75) is 52.6 Å². The largest absolute Gasteiger partial charge is 0.396 e. The fraction of sp³-hybridized carbons (Fsp3) is 0.923. The Morgan fingerprint density at radius 1 is 1.53 bits per heavy atom. The third kappa shape index (κ3) is 3.96. The second-order valence-corrected chi connectivity index (χ2v) is 6.08. The summed E-state index contributed by atoms with van der Waals surface area (Å²) >= 11 is 0. The summed E-state index contributed by atoms with van der Waals surface area (Å²) in [6.45, 7) is 9.34. The summed E-state index contributed by atoms with van der Waals surface area (Å²) in [5.41, 5.74) is -0.0202. The zero-order chi connectivity index (χ0) is 13.1. The minimum absolute atomic E-state index is 0.0202. The molecule has 3 N–H and O–H groups in total. The van der Waals surface area contributed by atoms with Crippen molar-refractivity contribution in [3.63, 3.8) is 0 Å². The summed E-state index contributed by atoms with van der Waals surface area (Å²) in [4.78, 5) is 12.2. The topological polar surface area (TPSA) is 61.4 Å². The first-order valence-corrected chi connectivity index (χ1v) is 6.51. The molecule has 1 saturated heterocycles. The molecule has 0 aromatic carbocycles. The van der Waals surface area contributed by atoms with Crippen LogP contribution in [0.25, 0.3) is 0 Å². The normalized spacial score (nSPS) is 26.9. The van der Waals surface area contributed by atoms with Crippen LogP contribution in [0.5, 0.6) is 0 Å². The van der Waals surface area contributed by atoms with E-state index in [4.69, 9.17) is 5.11 Å². The van der Waals surface area contributed by atoms with Crippen LogP contribution in [0.3, 0.4) is 0 Å². The smallest absolute Gasteiger partial charge is 0.224 e. The maximum Gasteiger partial charge on any atom is 0.224 e. The van der Waals surface area contributed by atoms with E-state index < -0.39 is 0 Å². The average molecular weight is 242 g/mol. The lowest BCUT2D eigenvalue weighted by atomic mass is 9.84. The minimum atomic E-state index is -0.0202. The fourth-order valence-corrected chi connectivity index (χ4v) is 2.35. The number of hydrogen-bond donors (Lipinski definition) is 3.